The fourth-order valence-corrected chi connectivity index (χ4v) is 2.64. The van der Waals surface area contributed by atoms with E-state index in [4.69, 9.17) is 10.5 Å². The van der Waals surface area contributed by atoms with Gasteiger partial charge in [-0.3, -0.25) is 9.59 Å². The Morgan fingerprint density at radius 3 is 2.62 bits per heavy atom. The van der Waals surface area contributed by atoms with Gasteiger partial charge in [-0.1, -0.05) is 31.4 Å². The maximum Gasteiger partial charge on any atom is 0.243 e. The normalized spacial score (nSPS) is 14.5. The van der Waals surface area contributed by atoms with Crippen LogP contribution < -0.4 is 16.4 Å². The van der Waals surface area contributed by atoms with Crippen LogP contribution in [0, 0.1) is 0 Å². The molecule has 24 heavy (non-hydrogen) atoms. The van der Waals surface area contributed by atoms with Crippen molar-refractivity contribution in [1.29, 1.82) is 0 Å². The van der Waals surface area contributed by atoms with Crippen LogP contribution in [0.2, 0.25) is 0 Å². The first-order chi connectivity index (χ1) is 11.2. The molecule has 0 atom stereocenters. The summed E-state index contributed by atoms with van der Waals surface area (Å²) < 4.78 is 5.94. The lowest BCUT2D eigenvalue weighted by atomic mass is 9.98. The molecule has 1 aromatic carbocycles. The molecular formula is C17H26ClN3O3. The highest BCUT2D eigenvalue weighted by Gasteiger charge is 2.13. The molecule has 0 unspecified atom stereocenters. The number of amides is 2. The van der Waals surface area contributed by atoms with E-state index in [1.165, 1.54) is 19.3 Å². The number of rotatable bonds is 7. The molecule has 0 heterocycles. The van der Waals surface area contributed by atoms with Crippen LogP contribution in [0.1, 0.15) is 37.7 Å². The van der Waals surface area contributed by atoms with E-state index in [0.717, 1.165) is 18.4 Å². The van der Waals surface area contributed by atoms with Crippen LogP contribution in [0.3, 0.4) is 0 Å². The summed E-state index contributed by atoms with van der Waals surface area (Å²) in [5.41, 5.74) is 6.89. The number of nitrogens with two attached hydrogens (primary N) is 1. The van der Waals surface area contributed by atoms with Gasteiger partial charge >= 0.3 is 0 Å². The van der Waals surface area contributed by atoms with E-state index < -0.39 is 0 Å². The van der Waals surface area contributed by atoms with Gasteiger partial charge in [0.2, 0.25) is 11.8 Å². The number of ether oxygens (including phenoxy) is 1. The lowest BCUT2D eigenvalue weighted by molar-refractivity contribution is -0.123. The first-order valence-corrected chi connectivity index (χ1v) is 8.14. The zero-order valence-electron chi connectivity index (χ0n) is 13.8. The van der Waals surface area contributed by atoms with Gasteiger partial charge in [0.15, 0.2) is 0 Å². The smallest absolute Gasteiger partial charge is 0.243 e. The minimum atomic E-state index is -0.352. The molecule has 1 aliphatic rings. The van der Waals surface area contributed by atoms with Gasteiger partial charge in [-0.05, 0) is 30.5 Å². The van der Waals surface area contributed by atoms with E-state index in [-0.39, 0.29) is 37.3 Å². The van der Waals surface area contributed by atoms with Crippen molar-refractivity contribution in [3.8, 4) is 0 Å². The average molecular weight is 356 g/mol. The molecule has 1 fully saturated rings. The molecule has 4 N–H and O–H groups in total. The third kappa shape index (κ3) is 7.29. The summed E-state index contributed by atoms with van der Waals surface area (Å²) in [6, 6.07) is 7.57. The molecule has 2 amide bonds. The van der Waals surface area contributed by atoms with Crippen LogP contribution in [0.25, 0.3) is 0 Å². The largest absolute Gasteiger partial charge is 0.374 e. The maximum absolute atomic E-state index is 11.8. The van der Waals surface area contributed by atoms with Crippen molar-refractivity contribution in [2.24, 2.45) is 5.73 Å². The van der Waals surface area contributed by atoms with Crippen molar-refractivity contribution in [2.45, 2.75) is 44.8 Å². The standard InChI is InChI=1S/C17H25N3O3.ClH/c18-10-16(21)19-11-17(22)20-14-6-4-5-13(9-14)12-23-15-7-2-1-3-8-15;/h4-6,9,15H,1-3,7-8,10-12,18H2,(H,19,21)(H,20,22);1H. The zero-order valence-corrected chi connectivity index (χ0v) is 14.6. The number of benzene rings is 1. The van der Waals surface area contributed by atoms with Gasteiger partial charge in [0, 0.05) is 5.69 Å². The van der Waals surface area contributed by atoms with Gasteiger partial charge in [0.25, 0.3) is 0 Å². The number of anilines is 1. The number of carbonyl (C=O) groups is 2. The molecule has 2 rings (SSSR count). The molecular weight excluding hydrogens is 330 g/mol. The zero-order chi connectivity index (χ0) is 16.5. The van der Waals surface area contributed by atoms with Crippen LogP contribution in [0.15, 0.2) is 24.3 Å². The highest BCUT2D eigenvalue weighted by Crippen LogP contribution is 2.22. The quantitative estimate of drug-likeness (QED) is 0.697. The minimum Gasteiger partial charge on any atom is -0.374 e. The molecule has 0 bridgehead atoms. The first kappa shape index (κ1) is 20.4. The average Bonchev–Trinajstić information content (AvgIpc) is 2.59. The molecule has 6 nitrogen and oxygen atoms in total. The third-order valence-electron chi connectivity index (χ3n) is 3.88. The van der Waals surface area contributed by atoms with E-state index in [1.54, 1.807) is 0 Å². The second kappa shape index (κ2) is 11.0. The summed E-state index contributed by atoms with van der Waals surface area (Å²) in [5, 5.41) is 5.18. The van der Waals surface area contributed by atoms with Crippen molar-refractivity contribution in [3.05, 3.63) is 29.8 Å². The van der Waals surface area contributed by atoms with Crippen molar-refractivity contribution in [3.63, 3.8) is 0 Å². The summed E-state index contributed by atoms with van der Waals surface area (Å²) in [5.74, 6) is -0.632. The Morgan fingerprint density at radius 1 is 1.17 bits per heavy atom. The minimum absolute atomic E-state index is 0. The fraction of sp³-hybridized carbons (Fsp3) is 0.529. The van der Waals surface area contributed by atoms with Crippen LogP contribution in [0.4, 0.5) is 5.69 Å². The van der Waals surface area contributed by atoms with Gasteiger partial charge in [-0.15, -0.1) is 12.4 Å². The molecule has 0 saturated heterocycles. The van der Waals surface area contributed by atoms with Crippen LogP contribution >= 0.6 is 12.4 Å². The Morgan fingerprint density at radius 2 is 1.92 bits per heavy atom. The van der Waals surface area contributed by atoms with Gasteiger partial charge in [0.05, 0.1) is 25.8 Å². The topological polar surface area (TPSA) is 93.5 Å². The van der Waals surface area contributed by atoms with E-state index >= 15 is 0 Å². The number of halogens is 1. The van der Waals surface area contributed by atoms with Crippen LogP contribution in [-0.2, 0) is 20.9 Å². The molecule has 0 spiro atoms. The lowest BCUT2D eigenvalue weighted by Crippen LogP contribution is -2.36. The summed E-state index contributed by atoms with van der Waals surface area (Å²) in [4.78, 5) is 22.8. The van der Waals surface area contributed by atoms with E-state index in [9.17, 15) is 9.59 Å². The summed E-state index contributed by atoms with van der Waals surface area (Å²) in [6.45, 7) is 0.346. The summed E-state index contributed by atoms with van der Waals surface area (Å²) >= 11 is 0. The lowest BCUT2D eigenvalue weighted by Gasteiger charge is -2.22. The maximum atomic E-state index is 11.8. The molecule has 1 aliphatic carbocycles. The van der Waals surface area contributed by atoms with E-state index in [0.29, 0.717) is 18.4 Å². The molecule has 0 aromatic heterocycles. The predicted molar refractivity (Wildman–Crippen MR) is 96.0 cm³/mol. The van der Waals surface area contributed by atoms with Crippen molar-refractivity contribution in [1.82, 2.24) is 5.32 Å². The number of hydrogen-bond donors (Lipinski definition) is 3. The van der Waals surface area contributed by atoms with Gasteiger partial charge in [-0.25, -0.2) is 0 Å². The Hall–Kier alpha value is -1.63. The number of hydrogen-bond acceptors (Lipinski definition) is 4. The fourth-order valence-electron chi connectivity index (χ4n) is 2.64. The van der Waals surface area contributed by atoms with Crippen molar-refractivity contribution < 1.29 is 14.3 Å². The Kier molecular flexibility index (Phi) is 9.37. The molecule has 134 valence electrons. The monoisotopic (exact) mass is 355 g/mol. The van der Waals surface area contributed by atoms with Crippen LogP contribution in [0.5, 0.6) is 0 Å². The highest BCUT2D eigenvalue weighted by atomic mass is 35.5. The van der Waals surface area contributed by atoms with Gasteiger partial charge in [0.1, 0.15) is 0 Å². The van der Waals surface area contributed by atoms with Crippen molar-refractivity contribution >= 4 is 29.9 Å². The Bertz CT molecular complexity index is 534. The Labute approximate surface area is 148 Å². The summed E-state index contributed by atoms with van der Waals surface area (Å²) in [7, 11) is 0. The number of nitrogens with one attached hydrogen (secondary N) is 2. The molecule has 1 saturated carbocycles. The first-order valence-electron chi connectivity index (χ1n) is 8.14. The predicted octanol–water partition coefficient (Wildman–Crippen LogP) is 1.97. The van der Waals surface area contributed by atoms with Crippen LogP contribution in [-0.4, -0.2) is 31.0 Å². The van der Waals surface area contributed by atoms with E-state index in [2.05, 4.69) is 10.6 Å². The summed E-state index contributed by atoms with van der Waals surface area (Å²) in [6.07, 6.45) is 6.43. The third-order valence-corrected chi connectivity index (χ3v) is 3.88. The Balaban J connectivity index is 0.00000288. The molecule has 0 aliphatic heterocycles. The second-order valence-electron chi connectivity index (χ2n) is 5.80. The van der Waals surface area contributed by atoms with Crippen molar-refractivity contribution in [2.75, 3.05) is 18.4 Å². The van der Waals surface area contributed by atoms with Gasteiger partial charge < -0.3 is 21.1 Å². The second-order valence-corrected chi connectivity index (χ2v) is 5.80. The van der Waals surface area contributed by atoms with E-state index in [1.807, 2.05) is 24.3 Å². The molecule has 7 heteroatoms. The van der Waals surface area contributed by atoms with Gasteiger partial charge in [-0.2, -0.15) is 0 Å². The SMILES string of the molecule is Cl.NCC(=O)NCC(=O)Nc1cccc(COC2CCCCC2)c1. The molecule has 1 aromatic rings. The highest BCUT2D eigenvalue weighted by molar-refractivity contribution is 5.94. The molecule has 0 radical (unpaired) electrons. The number of carbonyl (C=O) groups excluding carboxylic acids is 2.